The zero-order chi connectivity index (χ0) is 20.5. The van der Waals surface area contributed by atoms with Crippen molar-refractivity contribution in [3.63, 3.8) is 0 Å². The van der Waals surface area contributed by atoms with Gasteiger partial charge in [-0.3, -0.25) is 4.79 Å². The molecule has 9 heteroatoms. The lowest BCUT2D eigenvalue weighted by Crippen LogP contribution is -2.12. The van der Waals surface area contributed by atoms with E-state index in [1.807, 2.05) is 0 Å². The van der Waals surface area contributed by atoms with E-state index in [-0.39, 0.29) is 22.8 Å². The van der Waals surface area contributed by atoms with Crippen molar-refractivity contribution in [1.82, 2.24) is 0 Å². The number of benzene rings is 2. The standard InChI is InChI=1S/C19H11F6NO2/c20-18(21,22)12-4-1-3-11(9-12)15-7-8-16(28-15)17(27)26-14-6-2-5-13(10-14)19(23,24)25/h1-10H,(H,26,27). The van der Waals surface area contributed by atoms with Crippen LogP contribution in [0.3, 0.4) is 0 Å². The van der Waals surface area contributed by atoms with Crippen molar-refractivity contribution in [2.75, 3.05) is 5.32 Å². The Labute approximate surface area is 154 Å². The molecule has 3 aromatic rings. The van der Waals surface area contributed by atoms with Gasteiger partial charge >= 0.3 is 12.4 Å². The Morgan fingerprint density at radius 1 is 0.786 bits per heavy atom. The molecule has 0 bridgehead atoms. The SMILES string of the molecule is O=C(Nc1cccc(C(F)(F)F)c1)c1ccc(-c2cccc(C(F)(F)F)c2)o1. The molecule has 0 aliphatic carbocycles. The first-order valence-electron chi connectivity index (χ1n) is 7.80. The van der Waals surface area contributed by atoms with Crippen molar-refractivity contribution >= 4 is 11.6 Å². The molecule has 2 aromatic carbocycles. The summed E-state index contributed by atoms with van der Waals surface area (Å²) in [6.45, 7) is 0. The maximum atomic E-state index is 12.8. The second kappa shape index (κ2) is 7.06. The number of carbonyl (C=O) groups excluding carboxylic acids is 1. The van der Waals surface area contributed by atoms with Crippen LogP contribution in [0.4, 0.5) is 32.0 Å². The monoisotopic (exact) mass is 399 g/mol. The molecule has 3 nitrogen and oxygen atoms in total. The van der Waals surface area contributed by atoms with Crippen molar-refractivity contribution in [2.45, 2.75) is 12.4 Å². The number of rotatable bonds is 3. The number of anilines is 1. The summed E-state index contributed by atoms with van der Waals surface area (Å²) in [5.74, 6) is -1.08. The van der Waals surface area contributed by atoms with Crippen LogP contribution in [0.2, 0.25) is 0 Å². The molecule has 0 aliphatic rings. The van der Waals surface area contributed by atoms with Gasteiger partial charge in [0.1, 0.15) is 5.76 Å². The summed E-state index contributed by atoms with van der Waals surface area (Å²) in [6.07, 6.45) is -9.10. The second-order valence-electron chi connectivity index (χ2n) is 5.78. The molecule has 1 aromatic heterocycles. The van der Waals surface area contributed by atoms with Crippen LogP contribution in [0.5, 0.6) is 0 Å². The number of halogens is 6. The van der Waals surface area contributed by atoms with Crippen LogP contribution in [-0.2, 0) is 12.4 Å². The summed E-state index contributed by atoms with van der Waals surface area (Å²) in [7, 11) is 0. The number of hydrogen-bond donors (Lipinski definition) is 1. The summed E-state index contributed by atoms with van der Waals surface area (Å²) in [5.41, 5.74) is -1.81. The van der Waals surface area contributed by atoms with Crippen LogP contribution in [0.25, 0.3) is 11.3 Å². The molecule has 0 saturated heterocycles. The highest BCUT2D eigenvalue weighted by molar-refractivity contribution is 6.02. The Morgan fingerprint density at radius 2 is 1.39 bits per heavy atom. The fraction of sp³-hybridized carbons (Fsp3) is 0.105. The molecule has 0 saturated carbocycles. The van der Waals surface area contributed by atoms with E-state index < -0.39 is 29.4 Å². The maximum absolute atomic E-state index is 12.8. The quantitative estimate of drug-likeness (QED) is 0.530. The summed E-state index contributed by atoms with van der Waals surface area (Å²) in [5, 5.41) is 2.26. The highest BCUT2D eigenvalue weighted by atomic mass is 19.4. The van der Waals surface area contributed by atoms with Gasteiger partial charge in [-0.25, -0.2) is 0 Å². The van der Waals surface area contributed by atoms with E-state index in [1.54, 1.807) is 0 Å². The highest BCUT2D eigenvalue weighted by Gasteiger charge is 2.31. The van der Waals surface area contributed by atoms with E-state index >= 15 is 0 Å². The van der Waals surface area contributed by atoms with E-state index in [2.05, 4.69) is 5.32 Å². The minimum Gasteiger partial charge on any atom is -0.451 e. The van der Waals surface area contributed by atoms with Crippen molar-refractivity contribution in [3.05, 3.63) is 77.6 Å². The van der Waals surface area contributed by atoms with Gasteiger partial charge in [-0.05, 0) is 42.5 Å². The summed E-state index contributed by atoms with van der Waals surface area (Å²) in [4.78, 5) is 12.2. The first-order valence-corrected chi connectivity index (χ1v) is 7.80. The molecule has 3 rings (SSSR count). The topological polar surface area (TPSA) is 42.2 Å². The third kappa shape index (κ3) is 4.36. The molecular formula is C19H11F6NO2. The van der Waals surface area contributed by atoms with Crippen LogP contribution in [-0.4, -0.2) is 5.91 Å². The van der Waals surface area contributed by atoms with Gasteiger partial charge in [0, 0.05) is 11.3 Å². The molecule has 1 amide bonds. The van der Waals surface area contributed by atoms with E-state index in [0.717, 1.165) is 30.3 Å². The van der Waals surface area contributed by atoms with Crippen molar-refractivity contribution in [2.24, 2.45) is 0 Å². The zero-order valence-corrected chi connectivity index (χ0v) is 13.9. The average Bonchev–Trinajstić information content (AvgIpc) is 3.11. The number of carbonyl (C=O) groups is 1. The smallest absolute Gasteiger partial charge is 0.416 e. The molecule has 0 atom stereocenters. The van der Waals surface area contributed by atoms with Crippen LogP contribution in [0, 0.1) is 0 Å². The van der Waals surface area contributed by atoms with E-state index in [1.165, 1.54) is 30.3 Å². The molecule has 1 N–H and O–H groups in total. The average molecular weight is 399 g/mol. The molecule has 0 aliphatic heterocycles. The first-order chi connectivity index (χ1) is 13.0. The molecule has 0 radical (unpaired) electrons. The normalized spacial score (nSPS) is 12.1. The maximum Gasteiger partial charge on any atom is 0.416 e. The molecule has 1 heterocycles. The highest BCUT2D eigenvalue weighted by Crippen LogP contribution is 2.33. The van der Waals surface area contributed by atoms with Gasteiger partial charge in [-0.15, -0.1) is 0 Å². The largest absolute Gasteiger partial charge is 0.451 e. The Balaban J connectivity index is 1.80. The van der Waals surface area contributed by atoms with Crippen LogP contribution in [0.1, 0.15) is 21.7 Å². The lowest BCUT2D eigenvalue weighted by Gasteiger charge is -2.09. The predicted molar refractivity (Wildman–Crippen MR) is 88.5 cm³/mol. The number of nitrogens with one attached hydrogen (secondary N) is 1. The first kappa shape index (κ1) is 19.5. The van der Waals surface area contributed by atoms with Crippen LogP contribution >= 0.6 is 0 Å². The predicted octanol–water partition coefficient (Wildman–Crippen LogP) is 6.24. The molecule has 0 spiro atoms. The van der Waals surface area contributed by atoms with Crippen LogP contribution < -0.4 is 5.32 Å². The number of hydrogen-bond acceptors (Lipinski definition) is 2. The third-order valence-electron chi connectivity index (χ3n) is 3.75. The van der Waals surface area contributed by atoms with Gasteiger partial charge < -0.3 is 9.73 Å². The Morgan fingerprint density at radius 3 is 2.04 bits per heavy atom. The fourth-order valence-electron chi connectivity index (χ4n) is 2.43. The fourth-order valence-corrected chi connectivity index (χ4v) is 2.43. The summed E-state index contributed by atoms with van der Waals surface area (Å²) >= 11 is 0. The Kier molecular flexibility index (Phi) is 4.93. The number of furan rings is 1. The van der Waals surface area contributed by atoms with Crippen molar-refractivity contribution in [1.29, 1.82) is 0 Å². The molecule has 0 unspecified atom stereocenters. The van der Waals surface area contributed by atoms with Gasteiger partial charge in [0.25, 0.3) is 5.91 Å². The minimum atomic E-state index is -4.57. The van der Waals surface area contributed by atoms with Gasteiger partial charge in [-0.2, -0.15) is 26.3 Å². The minimum absolute atomic E-state index is 0.0142. The number of alkyl halides is 6. The molecule has 28 heavy (non-hydrogen) atoms. The molecule has 0 fully saturated rings. The molecule has 146 valence electrons. The lowest BCUT2D eigenvalue weighted by atomic mass is 10.1. The number of amides is 1. The third-order valence-corrected chi connectivity index (χ3v) is 3.75. The van der Waals surface area contributed by atoms with Crippen molar-refractivity contribution < 1.29 is 35.6 Å². The van der Waals surface area contributed by atoms with Gasteiger partial charge in [0.05, 0.1) is 11.1 Å². The van der Waals surface area contributed by atoms with E-state index in [4.69, 9.17) is 4.42 Å². The molecular weight excluding hydrogens is 388 g/mol. The van der Waals surface area contributed by atoms with E-state index in [0.29, 0.717) is 0 Å². The van der Waals surface area contributed by atoms with Gasteiger partial charge in [0.15, 0.2) is 5.76 Å². The second-order valence-corrected chi connectivity index (χ2v) is 5.78. The summed E-state index contributed by atoms with van der Waals surface area (Å²) < 4.78 is 81.8. The summed E-state index contributed by atoms with van der Waals surface area (Å²) in [6, 6.07) is 10.9. The van der Waals surface area contributed by atoms with Crippen molar-refractivity contribution in [3.8, 4) is 11.3 Å². The lowest BCUT2D eigenvalue weighted by molar-refractivity contribution is -0.138. The van der Waals surface area contributed by atoms with Crippen LogP contribution in [0.15, 0.2) is 65.1 Å². The van der Waals surface area contributed by atoms with E-state index in [9.17, 15) is 31.1 Å². The zero-order valence-electron chi connectivity index (χ0n) is 13.9. The Bertz CT molecular complexity index is 1000. The Hall–Kier alpha value is -3.23. The van der Waals surface area contributed by atoms with Gasteiger partial charge in [-0.1, -0.05) is 18.2 Å². The van der Waals surface area contributed by atoms with Gasteiger partial charge in [0.2, 0.25) is 0 Å².